The summed E-state index contributed by atoms with van der Waals surface area (Å²) < 4.78 is 6.06. The number of amides is 1. The molecular weight excluding hydrogens is 334 g/mol. The van der Waals surface area contributed by atoms with Crippen LogP contribution in [0.4, 0.5) is 0 Å². The first-order chi connectivity index (χ1) is 13.0. The van der Waals surface area contributed by atoms with Gasteiger partial charge in [0.25, 0.3) is 5.91 Å². The molecular formula is C24H31NO2. The maximum atomic E-state index is 12.8. The maximum absolute atomic E-state index is 12.8. The van der Waals surface area contributed by atoms with Gasteiger partial charge in [0.2, 0.25) is 0 Å². The van der Waals surface area contributed by atoms with E-state index in [4.69, 9.17) is 4.74 Å². The average Bonchev–Trinajstić information content (AvgIpc) is 2.67. The molecule has 3 rings (SSSR count). The fraction of sp³-hybridized carbons (Fsp3) is 0.458. The third kappa shape index (κ3) is 4.71. The molecule has 0 spiro atoms. The molecule has 3 nitrogen and oxygen atoms in total. The largest absolute Gasteiger partial charge is 0.481 e. The standard InChI is InChI=1S/C24H31NO2/c1-5-23(27-22-13-12-19-8-6-7-9-21(19)15-22)24(26)25-18(4)20-11-10-16(2)17(3)14-20/h10-15,18,23H,5-9H2,1-4H3,(H,25,26)/t18-,23+/m0/s1. The van der Waals surface area contributed by atoms with Gasteiger partial charge in [-0.2, -0.15) is 0 Å². The first-order valence-electron chi connectivity index (χ1n) is 10.1. The molecule has 1 aliphatic carbocycles. The summed E-state index contributed by atoms with van der Waals surface area (Å²) in [4.78, 5) is 12.8. The van der Waals surface area contributed by atoms with Gasteiger partial charge in [0.1, 0.15) is 5.75 Å². The Morgan fingerprint density at radius 1 is 1.04 bits per heavy atom. The lowest BCUT2D eigenvalue weighted by Gasteiger charge is -2.22. The molecule has 0 saturated heterocycles. The van der Waals surface area contributed by atoms with Crippen LogP contribution < -0.4 is 10.1 Å². The van der Waals surface area contributed by atoms with Crippen molar-refractivity contribution >= 4 is 5.91 Å². The van der Waals surface area contributed by atoms with E-state index in [2.05, 4.69) is 49.5 Å². The average molecular weight is 366 g/mol. The van der Waals surface area contributed by atoms with Gasteiger partial charge in [-0.1, -0.05) is 31.2 Å². The van der Waals surface area contributed by atoms with E-state index >= 15 is 0 Å². The Kier molecular flexibility index (Phi) is 6.20. The molecule has 1 amide bonds. The summed E-state index contributed by atoms with van der Waals surface area (Å²) in [5.41, 5.74) is 6.42. The normalized spacial score (nSPS) is 15.6. The predicted molar refractivity (Wildman–Crippen MR) is 110 cm³/mol. The van der Waals surface area contributed by atoms with Gasteiger partial charge in [-0.05, 0) is 92.8 Å². The van der Waals surface area contributed by atoms with E-state index in [1.165, 1.54) is 35.1 Å². The van der Waals surface area contributed by atoms with E-state index in [0.717, 1.165) is 24.2 Å². The van der Waals surface area contributed by atoms with E-state index < -0.39 is 6.10 Å². The van der Waals surface area contributed by atoms with E-state index in [1.54, 1.807) is 0 Å². The van der Waals surface area contributed by atoms with Crippen LogP contribution in [0.5, 0.6) is 5.75 Å². The minimum atomic E-state index is -0.472. The van der Waals surface area contributed by atoms with Crippen LogP contribution in [-0.4, -0.2) is 12.0 Å². The Bertz CT molecular complexity index is 812. The van der Waals surface area contributed by atoms with Crippen molar-refractivity contribution in [2.45, 2.75) is 71.9 Å². The van der Waals surface area contributed by atoms with Gasteiger partial charge in [-0.3, -0.25) is 4.79 Å². The van der Waals surface area contributed by atoms with Crippen molar-refractivity contribution in [1.82, 2.24) is 5.32 Å². The van der Waals surface area contributed by atoms with Gasteiger partial charge in [-0.15, -0.1) is 0 Å². The molecule has 144 valence electrons. The van der Waals surface area contributed by atoms with Crippen LogP contribution in [0.15, 0.2) is 36.4 Å². The van der Waals surface area contributed by atoms with E-state index in [9.17, 15) is 4.79 Å². The maximum Gasteiger partial charge on any atom is 0.261 e. The predicted octanol–water partition coefficient (Wildman–Crippen LogP) is 5.22. The third-order valence-corrected chi connectivity index (χ3v) is 5.65. The first kappa shape index (κ1) is 19.5. The zero-order valence-corrected chi connectivity index (χ0v) is 17.0. The smallest absolute Gasteiger partial charge is 0.261 e. The number of ether oxygens (including phenoxy) is 1. The monoisotopic (exact) mass is 365 g/mol. The Morgan fingerprint density at radius 2 is 1.78 bits per heavy atom. The molecule has 1 aliphatic rings. The van der Waals surface area contributed by atoms with Gasteiger partial charge in [0.05, 0.1) is 6.04 Å². The van der Waals surface area contributed by atoms with E-state index in [-0.39, 0.29) is 11.9 Å². The van der Waals surface area contributed by atoms with Crippen LogP contribution >= 0.6 is 0 Å². The highest BCUT2D eigenvalue weighted by Gasteiger charge is 2.21. The quantitative estimate of drug-likeness (QED) is 0.762. The van der Waals surface area contributed by atoms with Crippen LogP contribution in [0.3, 0.4) is 0 Å². The van der Waals surface area contributed by atoms with Gasteiger partial charge in [0.15, 0.2) is 6.10 Å². The SMILES string of the molecule is CC[C@@H](Oc1ccc2c(c1)CCCC2)C(=O)N[C@@H](C)c1ccc(C)c(C)c1. The van der Waals surface area contributed by atoms with Crippen molar-refractivity contribution < 1.29 is 9.53 Å². The van der Waals surface area contributed by atoms with Crippen LogP contribution in [0, 0.1) is 13.8 Å². The van der Waals surface area contributed by atoms with E-state index in [0.29, 0.717) is 6.42 Å². The molecule has 27 heavy (non-hydrogen) atoms. The molecule has 1 N–H and O–H groups in total. The van der Waals surface area contributed by atoms with Crippen LogP contribution in [-0.2, 0) is 17.6 Å². The second-order valence-corrected chi connectivity index (χ2v) is 7.73. The van der Waals surface area contributed by atoms with Crippen molar-refractivity contribution in [3.8, 4) is 5.75 Å². The van der Waals surface area contributed by atoms with Gasteiger partial charge in [0, 0.05) is 0 Å². The number of hydrogen-bond acceptors (Lipinski definition) is 2. The number of hydrogen-bond donors (Lipinski definition) is 1. The molecule has 3 heteroatoms. The van der Waals surface area contributed by atoms with Crippen molar-refractivity contribution in [2.75, 3.05) is 0 Å². The molecule has 0 saturated carbocycles. The summed E-state index contributed by atoms with van der Waals surface area (Å²) in [5.74, 6) is 0.748. The fourth-order valence-electron chi connectivity index (χ4n) is 3.69. The van der Waals surface area contributed by atoms with Gasteiger partial charge < -0.3 is 10.1 Å². The first-order valence-corrected chi connectivity index (χ1v) is 10.1. The number of fused-ring (bicyclic) bond motifs is 1. The summed E-state index contributed by atoms with van der Waals surface area (Å²) in [6, 6.07) is 12.6. The number of rotatable bonds is 6. The second kappa shape index (κ2) is 8.60. The molecule has 0 heterocycles. The van der Waals surface area contributed by atoms with Gasteiger partial charge in [-0.25, -0.2) is 0 Å². The van der Waals surface area contributed by atoms with Crippen molar-refractivity contribution in [1.29, 1.82) is 0 Å². The highest BCUT2D eigenvalue weighted by molar-refractivity contribution is 5.81. The molecule has 0 aliphatic heterocycles. The Hall–Kier alpha value is -2.29. The third-order valence-electron chi connectivity index (χ3n) is 5.65. The topological polar surface area (TPSA) is 38.3 Å². The minimum absolute atomic E-state index is 0.0435. The molecule has 0 unspecified atom stereocenters. The molecule has 0 aromatic heterocycles. The molecule has 0 fully saturated rings. The fourth-order valence-corrected chi connectivity index (χ4v) is 3.69. The molecule has 2 atom stereocenters. The van der Waals surface area contributed by atoms with E-state index in [1.807, 2.05) is 19.9 Å². The Labute approximate surface area is 163 Å². The van der Waals surface area contributed by atoms with Crippen LogP contribution in [0.25, 0.3) is 0 Å². The lowest BCUT2D eigenvalue weighted by molar-refractivity contribution is -0.128. The van der Waals surface area contributed by atoms with Crippen molar-refractivity contribution in [2.24, 2.45) is 0 Å². The summed E-state index contributed by atoms with van der Waals surface area (Å²) in [7, 11) is 0. The summed E-state index contributed by atoms with van der Waals surface area (Å²) in [6.45, 7) is 8.21. The Morgan fingerprint density at radius 3 is 2.48 bits per heavy atom. The molecule has 2 aromatic carbocycles. The molecule has 0 bridgehead atoms. The number of aryl methyl sites for hydroxylation is 4. The number of benzene rings is 2. The molecule has 0 radical (unpaired) electrons. The molecule has 2 aromatic rings. The van der Waals surface area contributed by atoms with Crippen LogP contribution in [0.2, 0.25) is 0 Å². The number of carbonyl (C=O) groups excluding carboxylic acids is 1. The summed E-state index contributed by atoms with van der Waals surface area (Å²) in [5, 5.41) is 3.11. The summed E-state index contributed by atoms with van der Waals surface area (Å²) >= 11 is 0. The lowest BCUT2D eigenvalue weighted by atomic mass is 9.92. The summed E-state index contributed by atoms with van der Waals surface area (Å²) in [6.07, 6.45) is 4.94. The Balaban J connectivity index is 1.66. The zero-order valence-electron chi connectivity index (χ0n) is 17.0. The minimum Gasteiger partial charge on any atom is -0.481 e. The number of carbonyl (C=O) groups is 1. The van der Waals surface area contributed by atoms with Crippen molar-refractivity contribution in [3.05, 3.63) is 64.2 Å². The van der Waals surface area contributed by atoms with Crippen LogP contribution in [0.1, 0.15) is 67.0 Å². The lowest BCUT2D eigenvalue weighted by Crippen LogP contribution is -2.39. The highest BCUT2D eigenvalue weighted by Crippen LogP contribution is 2.26. The number of nitrogens with one attached hydrogen (secondary N) is 1. The van der Waals surface area contributed by atoms with Gasteiger partial charge >= 0.3 is 0 Å². The van der Waals surface area contributed by atoms with Crippen molar-refractivity contribution in [3.63, 3.8) is 0 Å². The zero-order chi connectivity index (χ0) is 19.4. The second-order valence-electron chi connectivity index (χ2n) is 7.73. The highest BCUT2D eigenvalue weighted by atomic mass is 16.5.